The van der Waals surface area contributed by atoms with E-state index in [1.54, 1.807) is 12.1 Å². The van der Waals surface area contributed by atoms with Gasteiger partial charge >= 0.3 is 5.97 Å². The zero-order chi connectivity index (χ0) is 17.7. The average molecular weight is 331 g/mol. The van der Waals surface area contributed by atoms with Crippen molar-refractivity contribution in [1.29, 1.82) is 0 Å². The highest BCUT2D eigenvalue weighted by Gasteiger charge is 2.16. The molecule has 0 bridgehead atoms. The first-order valence-corrected chi connectivity index (χ1v) is 6.95. The van der Waals surface area contributed by atoms with Gasteiger partial charge in [-0.1, -0.05) is 0 Å². The van der Waals surface area contributed by atoms with Gasteiger partial charge in [-0.3, -0.25) is 4.79 Å². The van der Waals surface area contributed by atoms with E-state index in [1.165, 1.54) is 45.6 Å². The first-order valence-electron chi connectivity index (χ1n) is 6.95. The summed E-state index contributed by atoms with van der Waals surface area (Å²) in [5.41, 5.74) is 1.06. The van der Waals surface area contributed by atoms with Crippen LogP contribution in [-0.2, 0) is 4.74 Å². The van der Waals surface area contributed by atoms with Crippen LogP contribution in [0.5, 0.6) is 17.2 Å². The summed E-state index contributed by atoms with van der Waals surface area (Å²) >= 11 is 0. The third-order valence-electron chi connectivity index (χ3n) is 3.29. The van der Waals surface area contributed by atoms with Crippen LogP contribution >= 0.6 is 0 Å². The Hall–Kier alpha value is -3.22. The molecule has 1 amide bonds. The van der Waals surface area contributed by atoms with E-state index in [0.29, 0.717) is 11.3 Å². The van der Waals surface area contributed by atoms with Crippen LogP contribution < -0.4 is 14.8 Å². The number of anilines is 1. The summed E-state index contributed by atoms with van der Waals surface area (Å²) in [4.78, 5) is 23.7. The largest absolute Gasteiger partial charge is 0.504 e. The summed E-state index contributed by atoms with van der Waals surface area (Å²) < 4.78 is 14.7. The molecule has 2 aromatic rings. The number of hydrogen-bond donors (Lipinski definition) is 2. The number of methoxy groups -OCH3 is 3. The van der Waals surface area contributed by atoms with Crippen molar-refractivity contribution in [1.82, 2.24) is 0 Å². The molecule has 0 aliphatic carbocycles. The number of carbonyl (C=O) groups is 2. The highest BCUT2D eigenvalue weighted by molar-refractivity contribution is 6.05. The summed E-state index contributed by atoms with van der Waals surface area (Å²) in [5, 5.41) is 12.6. The maximum Gasteiger partial charge on any atom is 0.337 e. The van der Waals surface area contributed by atoms with E-state index in [-0.39, 0.29) is 22.8 Å². The quantitative estimate of drug-likeness (QED) is 0.817. The second-order valence-electron chi connectivity index (χ2n) is 4.75. The first kappa shape index (κ1) is 17.1. The Kier molecular flexibility index (Phi) is 5.26. The van der Waals surface area contributed by atoms with Crippen molar-refractivity contribution < 1.29 is 28.9 Å². The number of rotatable bonds is 5. The van der Waals surface area contributed by atoms with Crippen LogP contribution in [0.4, 0.5) is 5.69 Å². The fourth-order valence-electron chi connectivity index (χ4n) is 2.09. The topological polar surface area (TPSA) is 94.1 Å². The van der Waals surface area contributed by atoms with Crippen molar-refractivity contribution in [3.05, 3.63) is 47.5 Å². The zero-order valence-electron chi connectivity index (χ0n) is 13.5. The summed E-state index contributed by atoms with van der Waals surface area (Å²) in [6.45, 7) is 0. The van der Waals surface area contributed by atoms with Gasteiger partial charge < -0.3 is 24.6 Å². The summed E-state index contributed by atoms with van der Waals surface area (Å²) in [6, 6.07) is 8.95. The minimum atomic E-state index is -0.460. The van der Waals surface area contributed by atoms with Gasteiger partial charge in [-0.15, -0.1) is 0 Å². The maximum atomic E-state index is 12.3. The fraction of sp³-hybridized carbons (Fsp3) is 0.176. The molecular weight excluding hydrogens is 314 g/mol. The third-order valence-corrected chi connectivity index (χ3v) is 3.29. The molecule has 0 unspecified atom stereocenters. The van der Waals surface area contributed by atoms with Crippen molar-refractivity contribution in [2.24, 2.45) is 0 Å². The lowest BCUT2D eigenvalue weighted by Crippen LogP contribution is -2.12. The van der Waals surface area contributed by atoms with Gasteiger partial charge in [0.25, 0.3) is 5.91 Å². The Morgan fingerprint density at radius 1 is 0.958 bits per heavy atom. The molecule has 0 aromatic heterocycles. The van der Waals surface area contributed by atoms with Crippen molar-refractivity contribution in [2.45, 2.75) is 0 Å². The molecular formula is C17H17NO6. The molecule has 0 heterocycles. The molecule has 2 N–H and O–H groups in total. The molecule has 7 nitrogen and oxygen atoms in total. The second-order valence-corrected chi connectivity index (χ2v) is 4.75. The van der Waals surface area contributed by atoms with E-state index in [9.17, 15) is 14.7 Å². The molecule has 0 spiro atoms. The molecule has 0 atom stereocenters. The minimum Gasteiger partial charge on any atom is -0.504 e. The lowest BCUT2D eigenvalue weighted by atomic mass is 10.1. The number of aromatic hydroxyl groups is 1. The molecule has 126 valence electrons. The summed E-state index contributed by atoms with van der Waals surface area (Å²) in [6.07, 6.45) is 0. The number of benzene rings is 2. The number of ether oxygens (including phenoxy) is 3. The van der Waals surface area contributed by atoms with Crippen LogP contribution in [0.1, 0.15) is 20.7 Å². The first-order chi connectivity index (χ1) is 11.5. The van der Waals surface area contributed by atoms with Gasteiger partial charge in [-0.2, -0.15) is 0 Å². The SMILES string of the molecule is COC(=O)c1ccc(NC(=O)c2cc(O)c(OC)c(OC)c2)cc1. The lowest BCUT2D eigenvalue weighted by Gasteiger charge is -2.12. The monoisotopic (exact) mass is 331 g/mol. The molecule has 7 heteroatoms. The van der Waals surface area contributed by atoms with Gasteiger partial charge in [0.15, 0.2) is 11.5 Å². The Morgan fingerprint density at radius 3 is 2.17 bits per heavy atom. The Labute approximate surface area is 138 Å². The highest BCUT2D eigenvalue weighted by atomic mass is 16.5. The third kappa shape index (κ3) is 3.57. The number of nitrogens with one attached hydrogen (secondary N) is 1. The number of phenols is 1. The lowest BCUT2D eigenvalue weighted by molar-refractivity contribution is 0.0600. The Balaban J connectivity index is 2.21. The normalized spacial score (nSPS) is 9.96. The zero-order valence-corrected chi connectivity index (χ0v) is 13.5. The van der Waals surface area contributed by atoms with Crippen molar-refractivity contribution >= 4 is 17.6 Å². The van der Waals surface area contributed by atoms with Gasteiger partial charge in [0.1, 0.15) is 0 Å². The second kappa shape index (κ2) is 7.36. The van der Waals surface area contributed by atoms with Gasteiger partial charge in [-0.25, -0.2) is 4.79 Å². The highest BCUT2D eigenvalue weighted by Crippen LogP contribution is 2.37. The Bertz CT molecular complexity index is 754. The standard InChI is InChI=1S/C17H17NO6/c1-22-14-9-11(8-13(19)15(14)23-2)16(20)18-12-6-4-10(5-7-12)17(21)24-3/h4-9,19H,1-3H3,(H,18,20). The van der Waals surface area contributed by atoms with Gasteiger partial charge in [0.05, 0.1) is 26.9 Å². The van der Waals surface area contributed by atoms with E-state index < -0.39 is 11.9 Å². The van der Waals surface area contributed by atoms with Crippen LogP contribution in [-0.4, -0.2) is 38.3 Å². The van der Waals surface area contributed by atoms with Crippen LogP contribution in [0.25, 0.3) is 0 Å². The minimum absolute atomic E-state index is 0.150. The van der Waals surface area contributed by atoms with Crippen LogP contribution in [0.3, 0.4) is 0 Å². The van der Waals surface area contributed by atoms with E-state index >= 15 is 0 Å². The van der Waals surface area contributed by atoms with Crippen molar-refractivity contribution in [3.8, 4) is 17.2 Å². The number of carbonyl (C=O) groups excluding carboxylic acids is 2. The smallest absolute Gasteiger partial charge is 0.337 e. The van der Waals surface area contributed by atoms with E-state index in [1.807, 2.05) is 0 Å². The number of hydrogen-bond acceptors (Lipinski definition) is 6. The van der Waals surface area contributed by atoms with Crippen LogP contribution in [0.15, 0.2) is 36.4 Å². The van der Waals surface area contributed by atoms with Crippen molar-refractivity contribution in [3.63, 3.8) is 0 Å². The summed E-state index contributed by atoms with van der Waals surface area (Å²) in [5.74, 6) is -0.724. The van der Waals surface area contributed by atoms with Gasteiger partial charge in [0.2, 0.25) is 5.75 Å². The van der Waals surface area contributed by atoms with Crippen LogP contribution in [0, 0.1) is 0 Å². The molecule has 0 saturated heterocycles. The Morgan fingerprint density at radius 2 is 1.62 bits per heavy atom. The van der Waals surface area contributed by atoms with E-state index in [4.69, 9.17) is 9.47 Å². The predicted molar refractivity (Wildman–Crippen MR) is 86.9 cm³/mol. The van der Waals surface area contributed by atoms with E-state index in [0.717, 1.165) is 0 Å². The van der Waals surface area contributed by atoms with E-state index in [2.05, 4.69) is 10.1 Å². The summed E-state index contributed by atoms with van der Waals surface area (Å²) in [7, 11) is 4.09. The molecule has 24 heavy (non-hydrogen) atoms. The van der Waals surface area contributed by atoms with Gasteiger partial charge in [0, 0.05) is 11.3 Å². The molecule has 0 aliphatic rings. The number of amides is 1. The molecule has 0 aliphatic heterocycles. The van der Waals surface area contributed by atoms with Crippen molar-refractivity contribution in [2.75, 3.05) is 26.6 Å². The fourth-order valence-corrected chi connectivity index (χ4v) is 2.09. The van der Waals surface area contributed by atoms with Crippen LogP contribution in [0.2, 0.25) is 0 Å². The predicted octanol–water partition coefficient (Wildman–Crippen LogP) is 2.45. The molecule has 0 fully saturated rings. The molecule has 2 rings (SSSR count). The maximum absolute atomic E-state index is 12.3. The average Bonchev–Trinajstić information content (AvgIpc) is 2.60. The molecule has 0 radical (unpaired) electrons. The molecule has 0 saturated carbocycles. The number of esters is 1. The number of phenolic OH excluding ortho intramolecular Hbond substituents is 1. The van der Waals surface area contributed by atoms with Gasteiger partial charge in [-0.05, 0) is 36.4 Å². The molecule has 2 aromatic carbocycles.